The summed E-state index contributed by atoms with van der Waals surface area (Å²) in [6.45, 7) is 4.75. The van der Waals surface area contributed by atoms with Gasteiger partial charge < -0.3 is 15.4 Å². The normalized spacial score (nSPS) is 21.3. The van der Waals surface area contributed by atoms with Gasteiger partial charge in [-0.15, -0.1) is 0 Å². The van der Waals surface area contributed by atoms with Crippen molar-refractivity contribution >= 4 is 5.96 Å². The van der Waals surface area contributed by atoms with Crippen LogP contribution < -0.4 is 10.6 Å². The van der Waals surface area contributed by atoms with E-state index in [1.807, 2.05) is 0 Å². The highest BCUT2D eigenvalue weighted by atomic mass is 16.5. The maximum atomic E-state index is 5.83. The van der Waals surface area contributed by atoms with Crippen molar-refractivity contribution < 1.29 is 4.74 Å². The Bertz CT molecular complexity index is 258. The smallest absolute Gasteiger partial charge is 0.191 e. The molecular formula is C14H27N3O. The molecule has 0 aromatic carbocycles. The van der Waals surface area contributed by atoms with Gasteiger partial charge in [0.15, 0.2) is 5.96 Å². The second-order valence-corrected chi connectivity index (χ2v) is 5.31. The minimum atomic E-state index is 0.534. The Morgan fingerprint density at radius 3 is 2.67 bits per heavy atom. The van der Waals surface area contributed by atoms with Crippen molar-refractivity contribution in [3.63, 3.8) is 0 Å². The highest BCUT2D eigenvalue weighted by molar-refractivity contribution is 5.80. The maximum Gasteiger partial charge on any atom is 0.191 e. The van der Waals surface area contributed by atoms with Crippen LogP contribution in [0.25, 0.3) is 0 Å². The van der Waals surface area contributed by atoms with E-state index in [1.165, 1.54) is 38.5 Å². The summed E-state index contributed by atoms with van der Waals surface area (Å²) in [6, 6.07) is 0.664. The number of ether oxygens (including phenoxy) is 1. The van der Waals surface area contributed by atoms with Gasteiger partial charge in [-0.25, -0.2) is 0 Å². The standard InChI is InChI=1S/C14H27N3O/c1-2-15-14(17-12-8-9-12)16-10-5-11-18-13-6-3-4-7-13/h12-13H,2-11H2,1H3,(H2,15,16,17). The summed E-state index contributed by atoms with van der Waals surface area (Å²) in [5, 5.41) is 6.71. The van der Waals surface area contributed by atoms with Gasteiger partial charge in [-0.2, -0.15) is 0 Å². The summed E-state index contributed by atoms with van der Waals surface area (Å²) >= 11 is 0. The van der Waals surface area contributed by atoms with Crippen LogP contribution >= 0.6 is 0 Å². The third kappa shape index (κ3) is 5.25. The Morgan fingerprint density at radius 1 is 1.22 bits per heavy atom. The molecule has 0 aromatic rings. The lowest BCUT2D eigenvalue weighted by Gasteiger charge is -2.11. The zero-order valence-electron chi connectivity index (χ0n) is 11.6. The van der Waals surface area contributed by atoms with Gasteiger partial charge in [0, 0.05) is 25.7 Å². The molecule has 2 N–H and O–H groups in total. The third-order valence-electron chi connectivity index (χ3n) is 3.49. The molecule has 18 heavy (non-hydrogen) atoms. The van der Waals surface area contributed by atoms with E-state index < -0.39 is 0 Å². The first-order valence-electron chi connectivity index (χ1n) is 7.55. The molecule has 0 heterocycles. The Hall–Kier alpha value is -0.770. The van der Waals surface area contributed by atoms with Gasteiger partial charge in [0.25, 0.3) is 0 Å². The molecule has 0 aromatic heterocycles. The van der Waals surface area contributed by atoms with Crippen LogP contribution in [0.1, 0.15) is 51.9 Å². The molecule has 2 aliphatic carbocycles. The molecule has 0 unspecified atom stereocenters. The summed E-state index contributed by atoms with van der Waals surface area (Å²) in [5.74, 6) is 0.973. The first kappa shape index (κ1) is 13.7. The minimum absolute atomic E-state index is 0.534. The predicted molar refractivity (Wildman–Crippen MR) is 75.0 cm³/mol. The number of nitrogens with zero attached hydrogens (tertiary/aromatic N) is 1. The van der Waals surface area contributed by atoms with Gasteiger partial charge in [0.2, 0.25) is 0 Å². The highest BCUT2D eigenvalue weighted by Gasteiger charge is 2.22. The van der Waals surface area contributed by atoms with Crippen molar-refractivity contribution in [3.05, 3.63) is 0 Å². The number of aliphatic imine (C=N–C) groups is 1. The molecular weight excluding hydrogens is 226 g/mol. The molecule has 2 rings (SSSR count). The van der Waals surface area contributed by atoms with Crippen LogP contribution in [-0.4, -0.2) is 37.8 Å². The molecule has 0 aliphatic heterocycles. The van der Waals surface area contributed by atoms with Gasteiger partial charge in [0.05, 0.1) is 6.10 Å². The van der Waals surface area contributed by atoms with Crippen molar-refractivity contribution in [1.82, 2.24) is 10.6 Å². The summed E-state index contributed by atoms with van der Waals surface area (Å²) < 4.78 is 5.83. The van der Waals surface area contributed by atoms with Crippen molar-refractivity contribution in [2.24, 2.45) is 4.99 Å². The second kappa shape index (κ2) is 7.62. The summed E-state index contributed by atoms with van der Waals surface area (Å²) in [4.78, 5) is 4.57. The SMILES string of the molecule is CCNC(=NCCCOC1CCCC1)NC1CC1. The second-order valence-electron chi connectivity index (χ2n) is 5.31. The summed E-state index contributed by atoms with van der Waals surface area (Å²) in [5.41, 5.74) is 0. The Labute approximate surface area is 111 Å². The zero-order valence-corrected chi connectivity index (χ0v) is 11.6. The van der Waals surface area contributed by atoms with Gasteiger partial charge in [0.1, 0.15) is 0 Å². The van der Waals surface area contributed by atoms with Crippen LogP contribution in [-0.2, 0) is 4.74 Å². The molecule has 4 nitrogen and oxygen atoms in total. The van der Waals surface area contributed by atoms with Crippen molar-refractivity contribution in [3.8, 4) is 0 Å². The largest absolute Gasteiger partial charge is 0.378 e. The first-order valence-corrected chi connectivity index (χ1v) is 7.55. The van der Waals surface area contributed by atoms with E-state index in [1.54, 1.807) is 0 Å². The lowest BCUT2D eigenvalue weighted by atomic mass is 10.3. The molecule has 0 amide bonds. The Morgan fingerprint density at radius 2 is 2.00 bits per heavy atom. The number of nitrogens with one attached hydrogen (secondary N) is 2. The molecule has 0 spiro atoms. The average Bonchev–Trinajstić information content (AvgIpc) is 3.03. The Kier molecular flexibility index (Phi) is 5.78. The molecule has 0 atom stereocenters. The summed E-state index contributed by atoms with van der Waals surface area (Å²) in [6.07, 6.45) is 9.34. The molecule has 0 bridgehead atoms. The van der Waals surface area contributed by atoms with E-state index in [0.29, 0.717) is 12.1 Å². The fraction of sp³-hybridized carbons (Fsp3) is 0.929. The van der Waals surface area contributed by atoms with Crippen LogP contribution in [0.2, 0.25) is 0 Å². The minimum Gasteiger partial charge on any atom is -0.378 e. The van der Waals surface area contributed by atoms with Gasteiger partial charge >= 0.3 is 0 Å². The van der Waals surface area contributed by atoms with Crippen LogP contribution in [0, 0.1) is 0 Å². The zero-order chi connectivity index (χ0) is 12.6. The van der Waals surface area contributed by atoms with Gasteiger partial charge in [-0.3, -0.25) is 4.99 Å². The van der Waals surface area contributed by atoms with E-state index in [0.717, 1.165) is 32.1 Å². The number of rotatable bonds is 7. The lowest BCUT2D eigenvalue weighted by Crippen LogP contribution is -2.38. The van der Waals surface area contributed by atoms with E-state index in [9.17, 15) is 0 Å². The fourth-order valence-electron chi connectivity index (χ4n) is 2.30. The van der Waals surface area contributed by atoms with E-state index in [-0.39, 0.29) is 0 Å². The summed E-state index contributed by atoms with van der Waals surface area (Å²) in [7, 11) is 0. The third-order valence-corrected chi connectivity index (χ3v) is 3.49. The fourth-order valence-corrected chi connectivity index (χ4v) is 2.30. The van der Waals surface area contributed by atoms with Crippen LogP contribution in [0.4, 0.5) is 0 Å². The van der Waals surface area contributed by atoms with Crippen molar-refractivity contribution in [1.29, 1.82) is 0 Å². The van der Waals surface area contributed by atoms with Gasteiger partial charge in [-0.1, -0.05) is 12.8 Å². The molecule has 4 heteroatoms. The Balaban J connectivity index is 1.55. The monoisotopic (exact) mass is 253 g/mol. The number of guanidine groups is 1. The maximum absolute atomic E-state index is 5.83. The number of hydrogen-bond acceptors (Lipinski definition) is 2. The van der Waals surface area contributed by atoms with Crippen LogP contribution in [0.3, 0.4) is 0 Å². The molecule has 2 saturated carbocycles. The van der Waals surface area contributed by atoms with Crippen LogP contribution in [0.15, 0.2) is 4.99 Å². The van der Waals surface area contributed by atoms with E-state index in [2.05, 4.69) is 22.5 Å². The molecule has 0 radical (unpaired) electrons. The van der Waals surface area contributed by atoms with E-state index in [4.69, 9.17) is 4.74 Å². The average molecular weight is 253 g/mol. The predicted octanol–water partition coefficient (Wildman–Crippen LogP) is 2.05. The number of hydrogen-bond donors (Lipinski definition) is 2. The molecule has 2 aliphatic rings. The van der Waals surface area contributed by atoms with Crippen LogP contribution in [0.5, 0.6) is 0 Å². The molecule has 104 valence electrons. The lowest BCUT2D eigenvalue weighted by molar-refractivity contribution is 0.0579. The highest BCUT2D eigenvalue weighted by Crippen LogP contribution is 2.20. The van der Waals surface area contributed by atoms with E-state index >= 15 is 0 Å². The first-order chi connectivity index (χ1) is 8.88. The molecule has 0 saturated heterocycles. The quantitative estimate of drug-likeness (QED) is 0.415. The van der Waals surface area contributed by atoms with Crippen molar-refractivity contribution in [2.45, 2.75) is 64.0 Å². The molecule has 2 fully saturated rings. The van der Waals surface area contributed by atoms with Crippen molar-refractivity contribution in [2.75, 3.05) is 19.7 Å². The van der Waals surface area contributed by atoms with Gasteiger partial charge in [-0.05, 0) is 39.0 Å². The topological polar surface area (TPSA) is 45.7 Å².